The molecule has 6 nitrogen and oxygen atoms in total. The van der Waals surface area contributed by atoms with Crippen LogP contribution in [0.5, 0.6) is 11.5 Å². The summed E-state index contributed by atoms with van der Waals surface area (Å²) in [6.45, 7) is 3.26. The number of nitrogens with one attached hydrogen (secondary N) is 2. The maximum Gasteiger partial charge on any atom is 0.401 e. The molecule has 0 amide bonds. The summed E-state index contributed by atoms with van der Waals surface area (Å²) >= 11 is 0. The Hall–Kier alpha value is -2.16. The molecule has 0 radical (unpaired) electrons. The van der Waals surface area contributed by atoms with Gasteiger partial charge in [-0.25, -0.2) is 0 Å². The molecule has 26 heavy (non-hydrogen) atoms. The van der Waals surface area contributed by atoms with Gasteiger partial charge in [0.25, 0.3) is 0 Å². The molecule has 1 aromatic rings. The van der Waals surface area contributed by atoms with Crippen LogP contribution in [0.1, 0.15) is 13.3 Å². The smallest absolute Gasteiger partial charge is 0.401 e. The molecule has 1 heterocycles. The number of aliphatic imine (C=N–C) groups is 1. The fourth-order valence-corrected chi connectivity index (χ4v) is 2.40. The second kappa shape index (κ2) is 9.51. The van der Waals surface area contributed by atoms with E-state index in [0.717, 1.165) is 12.1 Å². The van der Waals surface area contributed by atoms with Gasteiger partial charge in [0.15, 0.2) is 17.5 Å². The minimum Gasteiger partial charge on any atom is -0.490 e. The summed E-state index contributed by atoms with van der Waals surface area (Å²) in [6.07, 6.45) is -3.38. The zero-order valence-corrected chi connectivity index (χ0v) is 15.0. The summed E-state index contributed by atoms with van der Waals surface area (Å²) in [7, 11) is 1.42. The van der Waals surface area contributed by atoms with Crippen LogP contribution in [-0.2, 0) is 0 Å². The van der Waals surface area contributed by atoms with Crippen LogP contribution < -0.4 is 20.1 Å². The monoisotopic (exact) mass is 374 g/mol. The first-order chi connectivity index (χ1) is 12.4. The molecular formula is C17H25F3N4O2. The molecule has 0 aromatic heterocycles. The highest BCUT2D eigenvalue weighted by Crippen LogP contribution is 2.32. The van der Waals surface area contributed by atoms with E-state index in [9.17, 15) is 13.2 Å². The van der Waals surface area contributed by atoms with Gasteiger partial charge >= 0.3 is 6.18 Å². The van der Waals surface area contributed by atoms with Crippen molar-refractivity contribution >= 4 is 11.6 Å². The standard InChI is InChI=1S/C17H25F3N4O2/c1-3-21-16(22-7-8-24(2)12-17(18,19)20)23-13-5-6-14-15(11-13)26-10-4-9-25-14/h5-6,11H,3-4,7-10,12H2,1-2H3,(H2,21,22,23). The average Bonchev–Trinajstić information content (AvgIpc) is 2.78. The van der Waals surface area contributed by atoms with E-state index in [1.54, 1.807) is 0 Å². The highest BCUT2D eigenvalue weighted by atomic mass is 19.4. The molecule has 146 valence electrons. The summed E-state index contributed by atoms with van der Waals surface area (Å²) in [6, 6.07) is 5.49. The van der Waals surface area contributed by atoms with Gasteiger partial charge in [-0.3, -0.25) is 9.89 Å². The second-order valence-electron chi connectivity index (χ2n) is 5.95. The maximum atomic E-state index is 12.3. The lowest BCUT2D eigenvalue weighted by molar-refractivity contribution is -0.142. The van der Waals surface area contributed by atoms with Crippen molar-refractivity contribution in [1.82, 2.24) is 10.2 Å². The Morgan fingerprint density at radius 1 is 1.23 bits per heavy atom. The minimum atomic E-state index is -4.20. The number of hydrogen-bond acceptors (Lipinski definition) is 4. The Balaban J connectivity index is 1.95. The van der Waals surface area contributed by atoms with Crippen LogP contribution in [-0.4, -0.2) is 63.5 Å². The Bertz CT molecular complexity index is 608. The van der Waals surface area contributed by atoms with Crippen molar-refractivity contribution in [1.29, 1.82) is 0 Å². The van der Waals surface area contributed by atoms with Gasteiger partial charge in [-0.05, 0) is 26.1 Å². The van der Waals surface area contributed by atoms with Crippen LogP contribution in [0, 0.1) is 0 Å². The number of likely N-dealkylation sites (N-methyl/N-ethyl adjacent to an activating group) is 1. The molecule has 2 rings (SSSR count). The van der Waals surface area contributed by atoms with E-state index in [-0.39, 0.29) is 13.1 Å². The van der Waals surface area contributed by atoms with E-state index < -0.39 is 12.7 Å². The normalized spacial score (nSPS) is 14.9. The van der Waals surface area contributed by atoms with E-state index in [0.29, 0.717) is 37.2 Å². The SMILES string of the molecule is CCNC(=NCCN(C)CC(F)(F)F)Nc1ccc2c(c1)OCCCO2. The van der Waals surface area contributed by atoms with Crippen LogP contribution in [0.25, 0.3) is 0 Å². The van der Waals surface area contributed by atoms with Crippen molar-refractivity contribution in [3.63, 3.8) is 0 Å². The second-order valence-corrected chi connectivity index (χ2v) is 5.95. The van der Waals surface area contributed by atoms with Crippen molar-refractivity contribution in [3.05, 3.63) is 18.2 Å². The predicted molar refractivity (Wildman–Crippen MR) is 95.2 cm³/mol. The number of guanidine groups is 1. The summed E-state index contributed by atoms with van der Waals surface area (Å²) in [5.41, 5.74) is 0.762. The van der Waals surface area contributed by atoms with Gasteiger partial charge in [-0.1, -0.05) is 0 Å². The first-order valence-electron chi connectivity index (χ1n) is 8.57. The van der Waals surface area contributed by atoms with E-state index in [1.807, 2.05) is 25.1 Å². The zero-order chi connectivity index (χ0) is 19.0. The highest BCUT2D eigenvalue weighted by molar-refractivity contribution is 5.93. The van der Waals surface area contributed by atoms with Crippen molar-refractivity contribution in [2.75, 3.05) is 51.8 Å². The van der Waals surface area contributed by atoms with Crippen LogP contribution in [0.15, 0.2) is 23.2 Å². The number of anilines is 1. The van der Waals surface area contributed by atoms with Gasteiger partial charge in [0.1, 0.15) is 0 Å². The summed E-state index contributed by atoms with van der Waals surface area (Å²) in [5, 5.41) is 6.21. The van der Waals surface area contributed by atoms with E-state index in [1.165, 1.54) is 11.9 Å². The Morgan fingerprint density at radius 3 is 2.65 bits per heavy atom. The molecule has 0 aliphatic carbocycles. The maximum absolute atomic E-state index is 12.3. The minimum absolute atomic E-state index is 0.206. The third-order valence-electron chi connectivity index (χ3n) is 3.56. The van der Waals surface area contributed by atoms with Crippen molar-refractivity contribution < 1.29 is 22.6 Å². The molecule has 9 heteroatoms. The topological polar surface area (TPSA) is 58.1 Å². The zero-order valence-electron chi connectivity index (χ0n) is 15.0. The Kier molecular flexibility index (Phi) is 7.38. The Labute approximate surface area is 151 Å². The van der Waals surface area contributed by atoms with Crippen LogP contribution >= 0.6 is 0 Å². The van der Waals surface area contributed by atoms with Crippen molar-refractivity contribution in [2.45, 2.75) is 19.5 Å². The van der Waals surface area contributed by atoms with Gasteiger partial charge in [0, 0.05) is 31.3 Å². The molecule has 2 N–H and O–H groups in total. The van der Waals surface area contributed by atoms with Crippen LogP contribution in [0.2, 0.25) is 0 Å². The molecule has 1 aromatic carbocycles. The molecule has 1 aliphatic heterocycles. The molecule has 1 aliphatic rings. The quantitative estimate of drug-likeness (QED) is 0.592. The van der Waals surface area contributed by atoms with Crippen LogP contribution in [0.4, 0.5) is 18.9 Å². The lowest BCUT2D eigenvalue weighted by atomic mass is 10.3. The largest absolute Gasteiger partial charge is 0.490 e. The first-order valence-corrected chi connectivity index (χ1v) is 8.57. The predicted octanol–water partition coefficient (Wildman–Crippen LogP) is 2.72. The molecule has 0 bridgehead atoms. The van der Waals surface area contributed by atoms with Gasteiger partial charge in [0.05, 0.1) is 26.3 Å². The molecule has 0 atom stereocenters. The summed E-state index contributed by atoms with van der Waals surface area (Å²) < 4.78 is 48.3. The van der Waals surface area contributed by atoms with Crippen molar-refractivity contribution in [3.8, 4) is 11.5 Å². The highest BCUT2D eigenvalue weighted by Gasteiger charge is 2.28. The average molecular weight is 374 g/mol. The Morgan fingerprint density at radius 2 is 1.96 bits per heavy atom. The van der Waals surface area contributed by atoms with E-state index in [2.05, 4.69) is 15.6 Å². The number of nitrogens with zero attached hydrogens (tertiary/aromatic N) is 2. The molecule has 0 fully saturated rings. The fourth-order valence-electron chi connectivity index (χ4n) is 2.40. The summed E-state index contributed by atoms with van der Waals surface area (Å²) in [4.78, 5) is 5.52. The molecule has 0 spiro atoms. The van der Waals surface area contributed by atoms with Crippen molar-refractivity contribution in [2.24, 2.45) is 4.99 Å². The number of benzene rings is 1. The number of halogens is 3. The molecule has 0 saturated carbocycles. The van der Waals surface area contributed by atoms with Gasteiger partial charge in [-0.15, -0.1) is 0 Å². The number of fused-ring (bicyclic) bond motifs is 1. The molecule has 0 unspecified atom stereocenters. The number of rotatable bonds is 6. The van der Waals surface area contributed by atoms with Gasteiger partial charge < -0.3 is 20.1 Å². The molecule has 0 saturated heterocycles. The lowest BCUT2D eigenvalue weighted by Gasteiger charge is -2.18. The number of alkyl halides is 3. The number of hydrogen-bond donors (Lipinski definition) is 2. The third kappa shape index (κ3) is 6.99. The first kappa shape index (κ1) is 20.2. The van der Waals surface area contributed by atoms with Crippen LogP contribution in [0.3, 0.4) is 0 Å². The van der Waals surface area contributed by atoms with E-state index >= 15 is 0 Å². The third-order valence-corrected chi connectivity index (χ3v) is 3.56. The van der Waals surface area contributed by atoms with Gasteiger partial charge in [0.2, 0.25) is 0 Å². The van der Waals surface area contributed by atoms with Gasteiger partial charge in [-0.2, -0.15) is 13.2 Å². The number of ether oxygens (including phenoxy) is 2. The summed E-state index contributed by atoms with van der Waals surface area (Å²) in [5.74, 6) is 1.86. The molecular weight excluding hydrogens is 349 g/mol. The fraction of sp³-hybridized carbons (Fsp3) is 0.588. The lowest BCUT2D eigenvalue weighted by Crippen LogP contribution is -2.34. The van der Waals surface area contributed by atoms with E-state index in [4.69, 9.17) is 9.47 Å².